The standard InChI is InChI=1S/C16H20FN3O4/c1-11-9-20(16(23)24-11)12-2-3-14(13(17)8-12)18-4-6-19(7-5-18)15(22)10-21/h2-3,8,11,21H,4-7,9-10H2,1H3/t11-/m0/s1. The van der Waals surface area contributed by atoms with Crippen LogP contribution in [0.15, 0.2) is 18.2 Å². The van der Waals surface area contributed by atoms with Crippen LogP contribution in [0.25, 0.3) is 0 Å². The summed E-state index contributed by atoms with van der Waals surface area (Å²) in [7, 11) is 0. The lowest BCUT2D eigenvalue weighted by Gasteiger charge is -2.36. The fourth-order valence-corrected chi connectivity index (χ4v) is 3.03. The summed E-state index contributed by atoms with van der Waals surface area (Å²) in [5.74, 6) is -0.728. The first-order chi connectivity index (χ1) is 11.5. The van der Waals surface area contributed by atoms with Crippen molar-refractivity contribution < 1.29 is 23.8 Å². The van der Waals surface area contributed by atoms with Gasteiger partial charge in [-0.2, -0.15) is 0 Å². The summed E-state index contributed by atoms with van der Waals surface area (Å²) in [6.07, 6.45) is -0.678. The monoisotopic (exact) mass is 337 g/mol. The second kappa shape index (κ2) is 6.64. The molecule has 0 radical (unpaired) electrons. The molecule has 0 aromatic heterocycles. The van der Waals surface area contributed by atoms with E-state index in [1.54, 1.807) is 24.0 Å². The third-order valence-electron chi connectivity index (χ3n) is 4.31. The van der Waals surface area contributed by atoms with Gasteiger partial charge >= 0.3 is 6.09 Å². The van der Waals surface area contributed by atoms with Crippen molar-refractivity contribution in [1.82, 2.24) is 4.90 Å². The minimum absolute atomic E-state index is 0.211. The zero-order chi connectivity index (χ0) is 17.3. The molecule has 0 aliphatic carbocycles. The molecule has 130 valence electrons. The molecule has 1 aromatic carbocycles. The quantitative estimate of drug-likeness (QED) is 0.884. The van der Waals surface area contributed by atoms with Crippen molar-refractivity contribution in [3.63, 3.8) is 0 Å². The fourth-order valence-electron chi connectivity index (χ4n) is 3.03. The number of anilines is 2. The molecule has 8 heteroatoms. The molecule has 1 N–H and O–H groups in total. The van der Waals surface area contributed by atoms with E-state index in [0.717, 1.165) is 0 Å². The predicted octanol–water partition coefficient (Wildman–Crippen LogP) is 0.812. The first-order valence-electron chi connectivity index (χ1n) is 7.91. The fraction of sp³-hybridized carbons (Fsp3) is 0.500. The maximum Gasteiger partial charge on any atom is 0.414 e. The lowest BCUT2D eigenvalue weighted by Crippen LogP contribution is -2.49. The van der Waals surface area contributed by atoms with Gasteiger partial charge in [-0.3, -0.25) is 9.69 Å². The number of amides is 2. The van der Waals surface area contributed by atoms with E-state index >= 15 is 0 Å². The van der Waals surface area contributed by atoms with Crippen LogP contribution in [0.1, 0.15) is 6.92 Å². The Hall–Kier alpha value is -2.35. The van der Waals surface area contributed by atoms with E-state index in [1.807, 2.05) is 4.90 Å². The number of hydrogen-bond acceptors (Lipinski definition) is 5. The highest BCUT2D eigenvalue weighted by Gasteiger charge is 2.30. The summed E-state index contributed by atoms with van der Waals surface area (Å²) < 4.78 is 19.5. The van der Waals surface area contributed by atoms with Gasteiger partial charge in [-0.1, -0.05) is 0 Å². The van der Waals surface area contributed by atoms with E-state index in [0.29, 0.717) is 44.1 Å². The normalized spacial score (nSPS) is 21.2. The van der Waals surface area contributed by atoms with Crippen LogP contribution in [0.5, 0.6) is 0 Å². The molecule has 0 spiro atoms. The van der Waals surface area contributed by atoms with Crippen LogP contribution < -0.4 is 9.80 Å². The molecule has 0 bridgehead atoms. The van der Waals surface area contributed by atoms with Crippen LogP contribution in [-0.4, -0.2) is 67.4 Å². The Morgan fingerprint density at radius 3 is 2.58 bits per heavy atom. The number of carbonyl (C=O) groups is 2. The van der Waals surface area contributed by atoms with E-state index in [9.17, 15) is 14.0 Å². The molecule has 1 atom stereocenters. The van der Waals surface area contributed by atoms with E-state index < -0.39 is 18.5 Å². The van der Waals surface area contributed by atoms with Gasteiger partial charge in [0.05, 0.1) is 17.9 Å². The van der Waals surface area contributed by atoms with Crippen LogP contribution in [0.4, 0.5) is 20.6 Å². The second-order valence-corrected chi connectivity index (χ2v) is 5.97. The third kappa shape index (κ3) is 3.14. The second-order valence-electron chi connectivity index (χ2n) is 5.97. The molecule has 2 heterocycles. The van der Waals surface area contributed by atoms with Crippen molar-refractivity contribution >= 4 is 23.4 Å². The molecule has 0 saturated carbocycles. The van der Waals surface area contributed by atoms with Gasteiger partial charge in [-0.15, -0.1) is 0 Å². The van der Waals surface area contributed by atoms with Gasteiger partial charge in [0.1, 0.15) is 18.5 Å². The number of carbonyl (C=O) groups excluding carboxylic acids is 2. The van der Waals surface area contributed by atoms with Crippen molar-refractivity contribution in [3.05, 3.63) is 24.0 Å². The molecule has 0 unspecified atom stereocenters. The van der Waals surface area contributed by atoms with E-state index in [-0.39, 0.29) is 12.0 Å². The molecular formula is C16H20FN3O4. The molecule has 24 heavy (non-hydrogen) atoms. The first kappa shape index (κ1) is 16.5. The highest BCUT2D eigenvalue weighted by Crippen LogP contribution is 2.28. The SMILES string of the molecule is C[C@H]1CN(c2ccc(N3CCN(C(=O)CO)CC3)c(F)c2)C(=O)O1. The summed E-state index contributed by atoms with van der Waals surface area (Å²) in [5, 5.41) is 8.88. The molecule has 2 fully saturated rings. The summed E-state index contributed by atoms with van der Waals surface area (Å²) in [4.78, 5) is 28.0. The molecule has 2 aliphatic heterocycles. The van der Waals surface area contributed by atoms with Crippen LogP contribution in [-0.2, 0) is 9.53 Å². The third-order valence-corrected chi connectivity index (χ3v) is 4.31. The van der Waals surface area contributed by atoms with Crippen molar-refractivity contribution in [2.24, 2.45) is 0 Å². The molecule has 1 aromatic rings. The van der Waals surface area contributed by atoms with E-state index in [4.69, 9.17) is 9.84 Å². The summed E-state index contributed by atoms with van der Waals surface area (Å²) in [6, 6.07) is 4.67. The minimum Gasteiger partial charge on any atom is -0.444 e. The topological polar surface area (TPSA) is 73.3 Å². The first-order valence-corrected chi connectivity index (χ1v) is 7.91. The number of piperazine rings is 1. The predicted molar refractivity (Wildman–Crippen MR) is 85.6 cm³/mol. The molecule has 7 nitrogen and oxygen atoms in total. The lowest BCUT2D eigenvalue weighted by atomic mass is 10.2. The number of hydrogen-bond donors (Lipinski definition) is 1. The molecule has 2 saturated heterocycles. The van der Waals surface area contributed by atoms with Crippen molar-refractivity contribution in [3.8, 4) is 0 Å². The highest BCUT2D eigenvalue weighted by atomic mass is 19.1. The van der Waals surface area contributed by atoms with Gasteiger partial charge in [0, 0.05) is 26.2 Å². The highest BCUT2D eigenvalue weighted by molar-refractivity contribution is 5.90. The average Bonchev–Trinajstić information content (AvgIpc) is 2.92. The number of rotatable bonds is 3. The van der Waals surface area contributed by atoms with E-state index in [2.05, 4.69) is 0 Å². The van der Waals surface area contributed by atoms with Gasteiger partial charge in [0.25, 0.3) is 0 Å². The van der Waals surface area contributed by atoms with Gasteiger partial charge < -0.3 is 19.6 Å². The number of aliphatic hydroxyl groups excluding tert-OH is 1. The summed E-state index contributed by atoms with van der Waals surface area (Å²) in [6.45, 7) is 3.55. The van der Waals surface area contributed by atoms with Gasteiger partial charge in [-0.05, 0) is 25.1 Å². The number of halogens is 1. The zero-order valence-corrected chi connectivity index (χ0v) is 13.4. The Morgan fingerprint density at radius 1 is 1.33 bits per heavy atom. The van der Waals surface area contributed by atoms with Crippen molar-refractivity contribution in [2.45, 2.75) is 13.0 Å². The minimum atomic E-state index is -0.507. The zero-order valence-electron chi connectivity index (χ0n) is 13.4. The molecule has 3 rings (SSSR count). The lowest BCUT2D eigenvalue weighted by molar-refractivity contribution is -0.134. The number of nitrogens with zero attached hydrogens (tertiary/aromatic N) is 3. The smallest absolute Gasteiger partial charge is 0.414 e. The maximum absolute atomic E-state index is 14.5. The number of aliphatic hydroxyl groups is 1. The average molecular weight is 337 g/mol. The molecule has 2 aliphatic rings. The van der Waals surface area contributed by atoms with Crippen LogP contribution in [0.2, 0.25) is 0 Å². The molecule has 2 amide bonds. The van der Waals surface area contributed by atoms with Gasteiger partial charge in [-0.25, -0.2) is 9.18 Å². The van der Waals surface area contributed by atoms with Crippen LogP contribution >= 0.6 is 0 Å². The largest absolute Gasteiger partial charge is 0.444 e. The number of ether oxygens (including phenoxy) is 1. The Balaban J connectivity index is 1.70. The van der Waals surface area contributed by atoms with E-state index in [1.165, 1.54) is 11.0 Å². The van der Waals surface area contributed by atoms with Crippen molar-refractivity contribution in [2.75, 3.05) is 49.1 Å². The molecular weight excluding hydrogens is 317 g/mol. The van der Waals surface area contributed by atoms with Crippen LogP contribution in [0.3, 0.4) is 0 Å². The summed E-state index contributed by atoms with van der Waals surface area (Å²) >= 11 is 0. The number of cyclic esters (lactones) is 1. The Kier molecular flexibility index (Phi) is 4.57. The van der Waals surface area contributed by atoms with Gasteiger partial charge in [0.15, 0.2) is 0 Å². The van der Waals surface area contributed by atoms with Crippen LogP contribution in [0, 0.1) is 5.82 Å². The number of benzene rings is 1. The Labute approximate surface area is 139 Å². The van der Waals surface area contributed by atoms with Crippen molar-refractivity contribution in [1.29, 1.82) is 0 Å². The Bertz CT molecular complexity index is 646. The maximum atomic E-state index is 14.5. The Morgan fingerprint density at radius 2 is 2.04 bits per heavy atom. The summed E-state index contributed by atoms with van der Waals surface area (Å²) in [5.41, 5.74) is 0.912. The van der Waals surface area contributed by atoms with Gasteiger partial charge in [0.2, 0.25) is 5.91 Å².